The van der Waals surface area contributed by atoms with Crippen LogP contribution in [0.2, 0.25) is 0 Å². The molecule has 0 aliphatic heterocycles. The molecule has 0 fully saturated rings. The molecule has 2 aromatic carbocycles. The number of Topliss-reactive ketones (excluding diaryl/α,β-unsaturated/α-hetero) is 1. The molecule has 0 saturated carbocycles. The molecule has 136 valence electrons. The fraction of sp³-hybridized carbons (Fsp3) is 0.0800. The Balaban J connectivity index is 2.07. The largest absolute Gasteiger partial charge is 0.464 e. The Kier molecular flexibility index (Phi) is 3.69. The highest BCUT2D eigenvalue weighted by atomic mass is 16.3. The van der Waals surface area contributed by atoms with Gasteiger partial charge in [0.2, 0.25) is 0 Å². The predicted octanol–water partition coefficient (Wildman–Crippen LogP) is 6.53. The van der Waals surface area contributed by atoms with Crippen LogP contribution in [0.25, 0.3) is 38.9 Å². The quantitative estimate of drug-likeness (QED) is 0.341. The van der Waals surface area contributed by atoms with Crippen LogP contribution in [0, 0.1) is 6.92 Å². The monoisotopic (exact) mass is 365 g/mol. The van der Waals surface area contributed by atoms with Crippen molar-refractivity contribution >= 4 is 22.2 Å². The number of aryl methyl sites for hydroxylation is 1. The summed E-state index contributed by atoms with van der Waals surface area (Å²) in [5.41, 5.74) is 6.78. The lowest BCUT2D eigenvalue weighted by molar-refractivity contribution is 0.101. The van der Waals surface area contributed by atoms with Crippen LogP contribution in [0.15, 0.2) is 83.5 Å². The SMILES string of the molecule is CC(=O)c1c(-c2ccco2)c2c(-c3ccccc3)cc3ccccc3n2c1C. The van der Waals surface area contributed by atoms with Crippen LogP contribution in [-0.4, -0.2) is 10.2 Å². The number of carbonyl (C=O) groups excluding carboxylic acids is 1. The van der Waals surface area contributed by atoms with Gasteiger partial charge in [-0.25, -0.2) is 0 Å². The highest BCUT2D eigenvalue weighted by Crippen LogP contribution is 2.41. The van der Waals surface area contributed by atoms with Gasteiger partial charge >= 0.3 is 0 Å². The van der Waals surface area contributed by atoms with E-state index in [9.17, 15) is 4.79 Å². The van der Waals surface area contributed by atoms with Gasteiger partial charge in [0.1, 0.15) is 5.76 Å². The highest BCUT2D eigenvalue weighted by molar-refractivity contribution is 6.11. The number of aromatic nitrogens is 1. The lowest BCUT2D eigenvalue weighted by Crippen LogP contribution is -1.97. The zero-order valence-corrected chi connectivity index (χ0v) is 15.8. The lowest BCUT2D eigenvalue weighted by atomic mass is 9.98. The molecule has 0 atom stereocenters. The van der Waals surface area contributed by atoms with E-state index in [0.29, 0.717) is 11.3 Å². The maximum absolute atomic E-state index is 12.7. The van der Waals surface area contributed by atoms with Gasteiger partial charge in [-0.3, -0.25) is 4.79 Å². The number of carbonyl (C=O) groups is 1. The molecule has 0 N–H and O–H groups in total. The number of para-hydroxylation sites is 1. The third kappa shape index (κ3) is 2.33. The Bertz CT molecular complexity index is 1330. The molecule has 0 radical (unpaired) electrons. The van der Waals surface area contributed by atoms with Gasteiger partial charge in [-0.15, -0.1) is 0 Å². The molecule has 5 rings (SSSR count). The molecule has 3 nitrogen and oxygen atoms in total. The topological polar surface area (TPSA) is 34.6 Å². The maximum Gasteiger partial charge on any atom is 0.162 e. The molecule has 0 spiro atoms. The minimum atomic E-state index is 0.0377. The zero-order chi connectivity index (χ0) is 19.3. The van der Waals surface area contributed by atoms with Gasteiger partial charge in [-0.05, 0) is 49.1 Å². The zero-order valence-electron chi connectivity index (χ0n) is 15.8. The van der Waals surface area contributed by atoms with Crippen molar-refractivity contribution in [2.75, 3.05) is 0 Å². The Morgan fingerprint density at radius 3 is 2.39 bits per heavy atom. The van der Waals surface area contributed by atoms with E-state index in [1.165, 1.54) is 0 Å². The Morgan fingerprint density at radius 1 is 0.929 bits per heavy atom. The number of fused-ring (bicyclic) bond motifs is 3. The van der Waals surface area contributed by atoms with Crippen LogP contribution >= 0.6 is 0 Å². The Hall–Kier alpha value is -3.59. The minimum Gasteiger partial charge on any atom is -0.464 e. The number of ketones is 1. The number of hydrogen-bond donors (Lipinski definition) is 0. The van der Waals surface area contributed by atoms with Crippen LogP contribution in [0.5, 0.6) is 0 Å². The van der Waals surface area contributed by atoms with Gasteiger partial charge in [0.25, 0.3) is 0 Å². The van der Waals surface area contributed by atoms with Crippen molar-refractivity contribution in [1.29, 1.82) is 0 Å². The first-order chi connectivity index (χ1) is 13.7. The van der Waals surface area contributed by atoms with Crippen LogP contribution in [0.1, 0.15) is 23.0 Å². The normalized spacial score (nSPS) is 11.4. The van der Waals surface area contributed by atoms with Crippen molar-refractivity contribution in [1.82, 2.24) is 4.40 Å². The third-order valence-electron chi connectivity index (χ3n) is 5.34. The van der Waals surface area contributed by atoms with E-state index in [-0.39, 0.29) is 5.78 Å². The van der Waals surface area contributed by atoms with E-state index in [1.807, 2.05) is 49.4 Å². The molecule has 3 heterocycles. The number of nitrogens with zero attached hydrogens (tertiary/aromatic N) is 1. The molecular weight excluding hydrogens is 346 g/mol. The van der Waals surface area contributed by atoms with Crippen LogP contribution in [0.3, 0.4) is 0 Å². The van der Waals surface area contributed by atoms with Crippen molar-refractivity contribution in [2.45, 2.75) is 13.8 Å². The summed E-state index contributed by atoms with van der Waals surface area (Å²) in [4.78, 5) is 12.7. The third-order valence-corrected chi connectivity index (χ3v) is 5.34. The smallest absolute Gasteiger partial charge is 0.162 e. The molecule has 0 bridgehead atoms. The summed E-state index contributed by atoms with van der Waals surface area (Å²) in [6.07, 6.45) is 1.65. The van der Waals surface area contributed by atoms with Crippen molar-refractivity contribution in [3.8, 4) is 22.5 Å². The second-order valence-electron chi connectivity index (χ2n) is 7.04. The first-order valence-electron chi connectivity index (χ1n) is 9.34. The molecule has 3 aromatic heterocycles. The van der Waals surface area contributed by atoms with Crippen molar-refractivity contribution in [3.63, 3.8) is 0 Å². The number of benzene rings is 2. The molecule has 0 aliphatic rings. The molecule has 28 heavy (non-hydrogen) atoms. The molecule has 0 amide bonds. The van der Waals surface area contributed by atoms with Gasteiger partial charge in [0.05, 0.1) is 22.9 Å². The maximum atomic E-state index is 12.7. The van der Waals surface area contributed by atoms with Crippen LogP contribution in [-0.2, 0) is 0 Å². The summed E-state index contributed by atoms with van der Waals surface area (Å²) in [5.74, 6) is 0.749. The van der Waals surface area contributed by atoms with Crippen molar-refractivity contribution in [2.24, 2.45) is 0 Å². The lowest BCUT2D eigenvalue weighted by Gasteiger charge is -2.12. The minimum absolute atomic E-state index is 0.0377. The van der Waals surface area contributed by atoms with E-state index in [1.54, 1.807) is 13.2 Å². The van der Waals surface area contributed by atoms with Gasteiger partial charge in [-0.2, -0.15) is 0 Å². The number of pyridine rings is 1. The molecule has 0 saturated heterocycles. The van der Waals surface area contributed by atoms with Crippen LogP contribution < -0.4 is 0 Å². The molecule has 0 unspecified atom stereocenters. The first kappa shape index (κ1) is 16.6. The number of furan rings is 1. The summed E-state index contributed by atoms with van der Waals surface area (Å²) >= 11 is 0. The van der Waals surface area contributed by atoms with E-state index in [0.717, 1.165) is 38.8 Å². The molecule has 0 aliphatic carbocycles. The van der Waals surface area contributed by atoms with E-state index in [2.05, 4.69) is 34.7 Å². The Labute approximate surface area is 162 Å². The Morgan fingerprint density at radius 2 is 1.68 bits per heavy atom. The standard InChI is InChI=1S/C25H19NO2/c1-16-23(17(2)27)24(22-13-8-14-28-22)25-20(18-9-4-3-5-10-18)15-19-11-6-7-12-21(19)26(16)25/h3-15H,1-2H3. The van der Waals surface area contributed by atoms with Gasteiger partial charge in [-0.1, -0.05) is 48.5 Å². The summed E-state index contributed by atoms with van der Waals surface area (Å²) in [7, 11) is 0. The van der Waals surface area contributed by atoms with E-state index < -0.39 is 0 Å². The van der Waals surface area contributed by atoms with Gasteiger partial charge < -0.3 is 8.82 Å². The summed E-state index contributed by atoms with van der Waals surface area (Å²) in [6, 6.07) is 24.6. The fourth-order valence-electron chi connectivity index (χ4n) is 4.21. The van der Waals surface area contributed by atoms with Gasteiger partial charge in [0.15, 0.2) is 5.78 Å². The second kappa shape index (κ2) is 6.24. The van der Waals surface area contributed by atoms with E-state index >= 15 is 0 Å². The number of hydrogen-bond acceptors (Lipinski definition) is 2. The number of rotatable bonds is 3. The molecule has 3 heteroatoms. The van der Waals surface area contributed by atoms with E-state index in [4.69, 9.17) is 4.42 Å². The first-order valence-corrected chi connectivity index (χ1v) is 9.34. The molecular formula is C25H19NO2. The van der Waals surface area contributed by atoms with Crippen LogP contribution in [0.4, 0.5) is 0 Å². The average Bonchev–Trinajstić information content (AvgIpc) is 3.34. The highest BCUT2D eigenvalue weighted by Gasteiger charge is 2.25. The summed E-state index contributed by atoms with van der Waals surface area (Å²) in [5, 5.41) is 1.13. The van der Waals surface area contributed by atoms with Crippen molar-refractivity contribution in [3.05, 3.63) is 90.3 Å². The second-order valence-corrected chi connectivity index (χ2v) is 7.04. The fourth-order valence-corrected chi connectivity index (χ4v) is 4.21. The predicted molar refractivity (Wildman–Crippen MR) is 113 cm³/mol. The summed E-state index contributed by atoms with van der Waals surface area (Å²) in [6.45, 7) is 3.63. The average molecular weight is 365 g/mol. The summed E-state index contributed by atoms with van der Waals surface area (Å²) < 4.78 is 7.97. The van der Waals surface area contributed by atoms with Crippen molar-refractivity contribution < 1.29 is 9.21 Å². The molecule has 5 aromatic rings. The van der Waals surface area contributed by atoms with Gasteiger partial charge in [0, 0.05) is 16.8 Å².